The molecule has 5 nitrogen and oxygen atoms in total. The highest BCUT2D eigenvalue weighted by Gasteiger charge is 2.42. The van der Waals surface area contributed by atoms with E-state index in [0.717, 1.165) is 11.3 Å². The van der Waals surface area contributed by atoms with Crippen molar-refractivity contribution in [2.75, 3.05) is 0 Å². The van der Waals surface area contributed by atoms with Gasteiger partial charge in [-0.2, -0.15) is 0 Å². The highest BCUT2D eigenvalue weighted by molar-refractivity contribution is 6.05. The SMILES string of the molecule is Cc1ccc(CNC(=O)[C@]2(C)CC(c3ccc(F)cc3)=NO2)o1. The molecule has 2 aromatic rings. The molecule has 0 spiro atoms. The van der Waals surface area contributed by atoms with Gasteiger partial charge in [0, 0.05) is 6.42 Å². The molecule has 1 aromatic heterocycles. The number of benzene rings is 1. The van der Waals surface area contributed by atoms with Crippen LogP contribution in [0.5, 0.6) is 0 Å². The Kier molecular flexibility index (Phi) is 3.90. The first-order chi connectivity index (χ1) is 11.0. The van der Waals surface area contributed by atoms with Crippen LogP contribution in [0, 0.1) is 12.7 Å². The zero-order valence-electron chi connectivity index (χ0n) is 12.9. The molecule has 1 aliphatic rings. The summed E-state index contributed by atoms with van der Waals surface area (Å²) >= 11 is 0. The Bertz CT molecular complexity index is 751. The van der Waals surface area contributed by atoms with Crippen LogP contribution in [0.25, 0.3) is 0 Å². The van der Waals surface area contributed by atoms with Gasteiger partial charge in [0.1, 0.15) is 17.3 Å². The van der Waals surface area contributed by atoms with Crippen molar-refractivity contribution in [2.45, 2.75) is 32.4 Å². The minimum Gasteiger partial charge on any atom is -0.465 e. The fourth-order valence-electron chi connectivity index (χ4n) is 2.39. The van der Waals surface area contributed by atoms with Crippen molar-refractivity contribution < 1.29 is 18.4 Å². The lowest BCUT2D eigenvalue weighted by Gasteiger charge is -2.20. The molecule has 120 valence electrons. The van der Waals surface area contributed by atoms with Crippen molar-refractivity contribution >= 4 is 11.6 Å². The Morgan fingerprint density at radius 1 is 1.30 bits per heavy atom. The first-order valence-electron chi connectivity index (χ1n) is 7.31. The zero-order valence-corrected chi connectivity index (χ0v) is 12.9. The summed E-state index contributed by atoms with van der Waals surface area (Å²) in [6, 6.07) is 9.60. The maximum absolute atomic E-state index is 13.0. The van der Waals surface area contributed by atoms with E-state index in [0.29, 0.717) is 17.9 Å². The van der Waals surface area contributed by atoms with Gasteiger partial charge in [0.2, 0.25) is 5.60 Å². The van der Waals surface area contributed by atoms with Crippen molar-refractivity contribution in [3.63, 3.8) is 0 Å². The number of nitrogens with zero attached hydrogens (tertiary/aromatic N) is 1. The number of carbonyl (C=O) groups is 1. The Labute approximate surface area is 133 Å². The van der Waals surface area contributed by atoms with Crippen LogP contribution in [-0.2, 0) is 16.2 Å². The minimum atomic E-state index is -1.08. The second-order valence-electron chi connectivity index (χ2n) is 5.74. The van der Waals surface area contributed by atoms with Gasteiger partial charge >= 0.3 is 0 Å². The Morgan fingerprint density at radius 2 is 2.04 bits per heavy atom. The Balaban J connectivity index is 1.62. The fraction of sp³-hybridized carbons (Fsp3) is 0.294. The van der Waals surface area contributed by atoms with Gasteiger partial charge in [0.05, 0.1) is 12.3 Å². The van der Waals surface area contributed by atoms with Crippen LogP contribution in [0.15, 0.2) is 46.0 Å². The van der Waals surface area contributed by atoms with E-state index in [2.05, 4.69) is 10.5 Å². The molecule has 0 unspecified atom stereocenters. The van der Waals surface area contributed by atoms with E-state index in [4.69, 9.17) is 9.25 Å². The number of hydrogen-bond acceptors (Lipinski definition) is 4. The number of furan rings is 1. The van der Waals surface area contributed by atoms with Crippen LogP contribution in [0.3, 0.4) is 0 Å². The molecule has 2 heterocycles. The monoisotopic (exact) mass is 316 g/mol. The number of rotatable bonds is 4. The standard InChI is InChI=1S/C17H17FN2O3/c1-11-3-8-14(22-11)10-19-16(21)17(2)9-15(20-23-17)12-4-6-13(18)7-5-12/h3-8H,9-10H2,1-2H3,(H,19,21)/t17-/m0/s1. The molecule has 0 saturated heterocycles. The van der Waals surface area contributed by atoms with E-state index in [1.165, 1.54) is 12.1 Å². The van der Waals surface area contributed by atoms with Gasteiger partial charge in [-0.05, 0) is 43.7 Å². The van der Waals surface area contributed by atoms with Crippen LogP contribution < -0.4 is 5.32 Å². The lowest BCUT2D eigenvalue weighted by Crippen LogP contribution is -2.44. The van der Waals surface area contributed by atoms with E-state index in [1.807, 2.05) is 19.1 Å². The first-order valence-corrected chi connectivity index (χ1v) is 7.31. The second-order valence-corrected chi connectivity index (χ2v) is 5.74. The van der Waals surface area contributed by atoms with Crippen LogP contribution in [-0.4, -0.2) is 17.2 Å². The number of halogens is 1. The molecule has 1 aliphatic heterocycles. The summed E-state index contributed by atoms with van der Waals surface area (Å²) < 4.78 is 18.4. The van der Waals surface area contributed by atoms with Crippen molar-refractivity contribution in [3.8, 4) is 0 Å². The predicted molar refractivity (Wildman–Crippen MR) is 82.3 cm³/mol. The summed E-state index contributed by atoms with van der Waals surface area (Å²) in [5.41, 5.74) is 0.284. The van der Waals surface area contributed by atoms with E-state index in [-0.39, 0.29) is 18.3 Å². The van der Waals surface area contributed by atoms with Gasteiger partial charge in [0.25, 0.3) is 5.91 Å². The second kappa shape index (κ2) is 5.87. The average Bonchev–Trinajstić information content (AvgIpc) is 3.13. The molecule has 0 aliphatic carbocycles. The average molecular weight is 316 g/mol. The number of hydrogen-bond donors (Lipinski definition) is 1. The van der Waals surface area contributed by atoms with Crippen LogP contribution in [0.2, 0.25) is 0 Å². The molecular formula is C17H17FN2O3. The van der Waals surface area contributed by atoms with Crippen molar-refractivity contribution in [3.05, 3.63) is 59.3 Å². The molecule has 1 amide bonds. The van der Waals surface area contributed by atoms with Gasteiger partial charge in [-0.3, -0.25) is 4.79 Å². The third kappa shape index (κ3) is 3.26. The minimum absolute atomic E-state index is 0.271. The maximum atomic E-state index is 13.0. The van der Waals surface area contributed by atoms with Gasteiger partial charge in [-0.25, -0.2) is 4.39 Å². The first kappa shape index (κ1) is 15.3. The number of nitrogens with one attached hydrogen (secondary N) is 1. The zero-order chi connectivity index (χ0) is 16.4. The molecule has 3 rings (SSSR count). The Hall–Kier alpha value is -2.63. The molecule has 6 heteroatoms. The highest BCUT2D eigenvalue weighted by atomic mass is 19.1. The maximum Gasteiger partial charge on any atom is 0.267 e. The number of aryl methyl sites for hydroxylation is 1. The third-order valence-electron chi connectivity index (χ3n) is 3.74. The topological polar surface area (TPSA) is 63.8 Å². The van der Waals surface area contributed by atoms with Crippen molar-refractivity contribution in [1.82, 2.24) is 5.32 Å². The molecule has 0 bridgehead atoms. The molecule has 0 saturated carbocycles. The van der Waals surface area contributed by atoms with Crippen LogP contribution in [0.1, 0.15) is 30.4 Å². The number of carbonyl (C=O) groups excluding carboxylic acids is 1. The van der Waals surface area contributed by atoms with E-state index in [1.54, 1.807) is 19.1 Å². The summed E-state index contributed by atoms with van der Waals surface area (Å²) in [5.74, 6) is 0.881. The van der Waals surface area contributed by atoms with Crippen molar-refractivity contribution in [1.29, 1.82) is 0 Å². The molecule has 1 aromatic carbocycles. The third-order valence-corrected chi connectivity index (χ3v) is 3.74. The normalized spacial score (nSPS) is 20.0. The summed E-state index contributed by atoms with van der Waals surface area (Å²) in [5, 5.41) is 6.76. The molecule has 23 heavy (non-hydrogen) atoms. The van der Waals surface area contributed by atoms with Gasteiger partial charge in [0.15, 0.2) is 0 Å². The van der Waals surface area contributed by atoms with E-state index in [9.17, 15) is 9.18 Å². The van der Waals surface area contributed by atoms with E-state index >= 15 is 0 Å². The number of amides is 1. The van der Waals surface area contributed by atoms with E-state index < -0.39 is 5.60 Å². The fourth-order valence-corrected chi connectivity index (χ4v) is 2.39. The summed E-state index contributed by atoms with van der Waals surface area (Å²) in [6.07, 6.45) is 0.321. The Morgan fingerprint density at radius 3 is 2.70 bits per heavy atom. The summed E-state index contributed by atoms with van der Waals surface area (Å²) in [7, 11) is 0. The van der Waals surface area contributed by atoms with Crippen LogP contribution in [0.4, 0.5) is 4.39 Å². The summed E-state index contributed by atoms with van der Waals surface area (Å²) in [6.45, 7) is 3.81. The number of oxime groups is 1. The molecular weight excluding hydrogens is 299 g/mol. The lowest BCUT2D eigenvalue weighted by molar-refractivity contribution is -0.142. The van der Waals surface area contributed by atoms with Gasteiger partial charge in [-0.15, -0.1) is 0 Å². The summed E-state index contributed by atoms with van der Waals surface area (Å²) in [4.78, 5) is 17.7. The predicted octanol–water partition coefficient (Wildman–Crippen LogP) is 2.93. The van der Waals surface area contributed by atoms with Gasteiger partial charge < -0.3 is 14.6 Å². The molecule has 1 atom stereocenters. The van der Waals surface area contributed by atoms with Gasteiger partial charge in [-0.1, -0.05) is 17.3 Å². The molecule has 0 radical (unpaired) electrons. The largest absolute Gasteiger partial charge is 0.465 e. The molecule has 1 N–H and O–H groups in total. The lowest BCUT2D eigenvalue weighted by atomic mass is 9.95. The smallest absolute Gasteiger partial charge is 0.267 e. The quantitative estimate of drug-likeness (QED) is 0.943. The molecule has 0 fully saturated rings. The van der Waals surface area contributed by atoms with Crippen molar-refractivity contribution in [2.24, 2.45) is 5.16 Å². The highest BCUT2D eigenvalue weighted by Crippen LogP contribution is 2.27. The van der Waals surface area contributed by atoms with Crippen LogP contribution >= 0.6 is 0 Å².